The third-order valence-corrected chi connectivity index (χ3v) is 12.4. The summed E-state index contributed by atoms with van der Waals surface area (Å²) in [6.07, 6.45) is 3.91. The third-order valence-electron chi connectivity index (χ3n) is 10.4. The number of benzene rings is 4. The first-order chi connectivity index (χ1) is 28.5. The Bertz CT molecular complexity index is 2550. The van der Waals surface area contributed by atoms with Crippen molar-refractivity contribution >= 4 is 50.4 Å². The van der Waals surface area contributed by atoms with Crippen molar-refractivity contribution in [3.63, 3.8) is 0 Å². The first-order valence-corrected chi connectivity index (χ1v) is 26.9. The van der Waals surface area contributed by atoms with E-state index in [1.165, 1.54) is 0 Å². The number of carboxylic acid groups (broad SMARTS) is 1. The zero-order chi connectivity index (χ0) is 42.9. The predicted octanol–water partition coefficient (Wildman–Crippen LogP) is 9.43. The molecule has 0 saturated carbocycles. The SMILES string of the molecule is CCOC(=O)C(c1ccc2c(c1)OCO2)c1cn(C)c2cc(CO[Si](C)(C)C)ccc12.Cn1cc(C(C(=O)O)c2ccc3c(c2)OCO3)c2ccc(CO[Si](C)(C)C)cc21. The first kappa shape index (κ1) is 42.6. The van der Waals surface area contributed by atoms with Gasteiger partial charge in [-0.2, -0.15) is 0 Å². The lowest BCUT2D eigenvalue weighted by atomic mass is 9.90. The monoisotopic (exact) mass is 850 g/mol. The maximum absolute atomic E-state index is 13.1. The Labute approximate surface area is 352 Å². The summed E-state index contributed by atoms with van der Waals surface area (Å²) < 4.78 is 43.3. The van der Waals surface area contributed by atoms with Gasteiger partial charge in [0, 0.05) is 48.3 Å². The van der Waals surface area contributed by atoms with Crippen molar-refractivity contribution in [1.82, 2.24) is 9.13 Å². The number of aryl methyl sites for hydroxylation is 2. The minimum Gasteiger partial charge on any atom is -0.481 e. The van der Waals surface area contributed by atoms with Crippen molar-refractivity contribution in [3.05, 3.63) is 119 Å². The highest BCUT2D eigenvalue weighted by molar-refractivity contribution is 6.70. The highest BCUT2D eigenvalue weighted by atomic mass is 28.4. The number of aromatic nitrogens is 2. The van der Waals surface area contributed by atoms with Crippen molar-refractivity contribution in [2.45, 2.75) is 71.3 Å². The van der Waals surface area contributed by atoms with Crippen LogP contribution in [0.15, 0.2) is 85.2 Å². The van der Waals surface area contributed by atoms with Gasteiger partial charge in [-0.15, -0.1) is 0 Å². The van der Waals surface area contributed by atoms with E-state index in [4.69, 9.17) is 32.5 Å². The summed E-state index contributed by atoms with van der Waals surface area (Å²) in [4.78, 5) is 25.3. The fourth-order valence-electron chi connectivity index (χ4n) is 7.47. The number of hydrogen-bond acceptors (Lipinski definition) is 9. The Morgan fingerprint density at radius 2 is 1.07 bits per heavy atom. The van der Waals surface area contributed by atoms with E-state index >= 15 is 0 Å². The molecule has 0 fully saturated rings. The maximum atomic E-state index is 13.1. The van der Waals surface area contributed by atoms with E-state index in [9.17, 15) is 14.7 Å². The number of nitrogens with zero attached hydrogens (tertiary/aromatic N) is 2. The van der Waals surface area contributed by atoms with E-state index in [0.717, 1.165) is 49.6 Å². The quantitative estimate of drug-likeness (QED) is 0.0887. The summed E-state index contributed by atoms with van der Waals surface area (Å²) in [6.45, 7) is 16.7. The molecule has 0 aliphatic carbocycles. The molecule has 4 heterocycles. The second-order valence-electron chi connectivity index (χ2n) is 17.1. The average molecular weight is 851 g/mol. The van der Waals surface area contributed by atoms with Crippen LogP contribution in [0.5, 0.6) is 23.0 Å². The molecule has 0 radical (unpaired) electrons. The summed E-state index contributed by atoms with van der Waals surface area (Å²) in [5.41, 5.74) is 7.41. The summed E-state index contributed by atoms with van der Waals surface area (Å²) >= 11 is 0. The highest BCUT2D eigenvalue weighted by Crippen LogP contribution is 2.41. The molecule has 0 bridgehead atoms. The molecule has 2 atom stereocenters. The molecular formula is C46H54N2O10Si2. The number of carbonyl (C=O) groups excluding carboxylic acids is 1. The average Bonchev–Trinajstić information content (AvgIpc) is 3.99. The second kappa shape index (κ2) is 17.2. The van der Waals surface area contributed by atoms with Crippen molar-refractivity contribution in [2.24, 2.45) is 14.1 Å². The normalized spacial score (nSPS) is 14.2. The number of ether oxygens (including phenoxy) is 5. The van der Waals surface area contributed by atoms with Crippen molar-refractivity contribution in [1.29, 1.82) is 0 Å². The fraction of sp³-hybridized carbons (Fsp3) is 0.348. The van der Waals surface area contributed by atoms with Crippen LogP contribution in [0.3, 0.4) is 0 Å². The van der Waals surface area contributed by atoms with Gasteiger partial charge in [-0.05, 0) is 116 Å². The Balaban J connectivity index is 0.000000182. The molecule has 2 aliphatic rings. The molecule has 2 aliphatic heterocycles. The fourth-order valence-corrected chi connectivity index (χ4v) is 8.67. The Hall–Kier alpha value is -5.55. The molecule has 14 heteroatoms. The summed E-state index contributed by atoms with van der Waals surface area (Å²) in [5, 5.41) is 12.0. The van der Waals surface area contributed by atoms with E-state index in [2.05, 4.69) is 68.1 Å². The Morgan fingerprint density at radius 3 is 1.50 bits per heavy atom. The molecule has 6 aromatic rings. The topological polar surface area (TPSA) is 129 Å². The van der Waals surface area contributed by atoms with Gasteiger partial charge in [-0.3, -0.25) is 9.59 Å². The lowest BCUT2D eigenvalue weighted by Gasteiger charge is -2.18. The van der Waals surface area contributed by atoms with E-state index in [1.54, 1.807) is 18.2 Å². The van der Waals surface area contributed by atoms with Crippen LogP contribution in [0.25, 0.3) is 21.8 Å². The standard InChI is InChI=1S/C24H29NO5Si.C22H25NO5Si/c1-6-27-24(26)23(17-8-10-21-22(12-17)29-15-28-21)19-13-25(2)20-11-16(7-9-18(19)20)14-30-31(3,4)5;1-23-11-17(16-7-5-14(9-18(16)23)12-28-29(2,3)4)21(22(24)25)15-6-8-19-20(10-15)27-13-26-19/h7-13,23H,6,14-15H2,1-5H3;5-11,21H,12-13H2,1-4H3,(H,24,25). The molecule has 2 aromatic heterocycles. The minimum absolute atomic E-state index is 0.160. The van der Waals surface area contributed by atoms with Crippen LogP contribution in [0.4, 0.5) is 0 Å². The predicted molar refractivity (Wildman–Crippen MR) is 235 cm³/mol. The van der Waals surface area contributed by atoms with Gasteiger partial charge in [0.25, 0.3) is 0 Å². The Kier molecular flexibility index (Phi) is 12.2. The van der Waals surface area contributed by atoms with Crippen molar-refractivity contribution in [2.75, 3.05) is 20.2 Å². The highest BCUT2D eigenvalue weighted by Gasteiger charge is 2.31. The zero-order valence-corrected chi connectivity index (χ0v) is 37.8. The molecule has 0 spiro atoms. The van der Waals surface area contributed by atoms with E-state index in [0.29, 0.717) is 48.4 Å². The van der Waals surface area contributed by atoms with Gasteiger partial charge in [0.15, 0.2) is 39.6 Å². The van der Waals surface area contributed by atoms with E-state index in [-0.39, 0.29) is 19.6 Å². The summed E-state index contributed by atoms with van der Waals surface area (Å²) in [7, 11) is 0.726. The number of aliphatic carboxylic acids is 1. The number of esters is 1. The van der Waals surface area contributed by atoms with Crippen LogP contribution in [0.1, 0.15) is 52.1 Å². The van der Waals surface area contributed by atoms with Gasteiger partial charge in [-0.1, -0.05) is 36.4 Å². The van der Waals surface area contributed by atoms with Crippen LogP contribution < -0.4 is 18.9 Å². The van der Waals surface area contributed by atoms with Crippen LogP contribution in [-0.4, -0.2) is 63.0 Å². The molecular weight excluding hydrogens is 797 g/mol. The van der Waals surface area contributed by atoms with Gasteiger partial charge in [0.2, 0.25) is 13.6 Å². The molecule has 2 unspecified atom stereocenters. The van der Waals surface area contributed by atoms with Crippen LogP contribution in [0, 0.1) is 0 Å². The number of fused-ring (bicyclic) bond motifs is 4. The van der Waals surface area contributed by atoms with Crippen LogP contribution in [-0.2, 0) is 50.5 Å². The lowest BCUT2D eigenvalue weighted by Crippen LogP contribution is -2.24. The van der Waals surface area contributed by atoms with Crippen LogP contribution in [0.2, 0.25) is 39.3 Å². The van der Waals surface area contributed by atoms with Gasteiger partial charge < -0.3 is 46.8 Å². The molecule has 0 amide bonds. The van der Waals surface area contributed by atoms with Crippen LogP contribution >= 0.6 is 0 Å². The summed E-state index contributed by atoms with van der Waals surface area (Å²) in [5.74, 6) is 0.0405. The third kappa shape index (κ3) is 9.41. The molecule has 8 rings (SSSR count). The molecule has 0 saturated heterocycles. The zero-order valence-electron chi connectivity index (χ0n) is 35.8. The van der Waals surface area contributed by atoms with Gasteiger partial charge in [0.05, 0.1) is 19.8 Å². The number of rotatable bonds is 13. The minimum atomic E-state index is -1.61. The Morgan fingerprint density at radius 1 is 0.633 bits per heavy atom. The summed E-state index contributed by atoms with van der Waals surface area (Å²) in [6, 6.07) is 23.3. The lowest BCUT2D eigenvalue weighted by molar-refractivity contribution is -0.144. The smallest absolute Gasteiger partial charge is 0.317 e. The van der Waals surface area contributed by atoms with Gasteiger partial charge in [0.1, 0.15) is 11.8 Å². The maximum Gasteiger partial charge on any atom is 0.317 e. The first-order valence-electron chi connectivity index (χ1n) is 20.1. The van der Waals surface area contributed by atoms with Crippen molar-refractivity contribution in [3.8, 4) is 23.0 Å². The molecule has 60 heavy (non-hydrogen) atoms. The van der Waals surface area contributed by atoms with Crippen molar-refractivity contribution < 1.29 is 47.2 Å². The second-order valence-corrected chi connectivity index (χ2v) is 26.1. The van der Waals surface area contributed by atoms with Gasteiger partial charge >= 0.3 is 11.9 Å². The largest absolute Gasteiger partial charge is 0.481 e. The van der Waals surface area contributed by atoms with E-state index < -0.39 is 34.4 Å². The molecule has 316 valence electrons. The molecule has 1 N–H and O–H groups in total. The molecule has 4 aromatic carbocycles. The number of hydrogen-bond donors (Lipinski definition) is 1. The number of carbonyl (C=O) groups is 2. The van der Waals surface area contributed by atoms with Gasteiger partial charge in [-0.25, -0.2) is 0 Å². The van der Waals surface area contributed by atoms with E-state index in [1.807, 2.05) is 68.3 Å². The molecule has 12 nitrogen and oxygen atoms in total. The number of carboxylic acids is 1.